The zero-order chi connectivity index (χ0) is 20.7. The van der Waals surface area contributed by atoms with Crippen molar-refractivity contribution in [2.75, 3.05) is 0 Å². The predicted molar refractivity (Wildman–Crippen MR) is 106 cm³/mol. The molecule has 144 valence electrons. The molecule has 1 atom stereocenters. The maximum Gasteiger partial charge on any atom is 0.270 e. The van der Waals surface area contributed by atoms with Crippen molar-refractivity contribution in [3.63, 3.8) is 0 Å². The van der Waals surface area contributed by atoms with E-state index >= 15 is 0 Å². The highest BCUT2D eigenvalue weighted by atomic mass is 35.5. The first-order chi connectivity index (χ1) is 13.9. The third-order valence-corrected chi connectivity index (χ3v) is 5.12. The van der Waals surface area contributed by atoms with Crippen LogP contribution in [0.2, 0.25) is 10.0 Å². The number of nitrogens with zero attached hydrogens (tertiary/aromatic N) is 3. The minimum Gasteiger partial charge on any atom is -0.420 e. The number of hydrogen-bond donors (Lipinski definition) is 2. The first-order valence-electron chi connectivity index (χ1n) is 8.26. The number of halogens is 2. The Morgan fingerprint density at radius 1 is 1.28 bits per heavy atom. The normalized spacial score (nSPS) is 15.4. The van der Waals surface area contributed by atoms with E-state index in [2.05, 4.69) is 16.3 Å². The monoisotopic (exact) mass is 427 g/mol. The number of hydrogen-bond acceptors (Lipinski definition) is 6. The third kappa shape index (κ3) is 3.16. The van der Waals surface area contributed by atoms with Crippen LogP contribution in [0.4, 0.5) is 5.69 Å². The van der Waals surface area contributed by atoms with E-state index < -0.39 is 10.8 Å². The molecule has 1 aliphatic rings. The molecule has 2 aromatic carbocycles. The molecular weight excluding hydrogens is 417 g/mol. The number of aromatic nitrogens is 2. The number of nitro groups is 1. The first-order valence-corrected chi connectivity index (χ1v) is 9.02. The molecule has 0 spiro atoms. The maximum atomic E-state index is 11.2. The summed E-state index contributed by atoms with van der Waals surface area (Å²) < 4.78 is 5.52. The van der Waals surface area contributed by atoms with Crippen LogP contribution in [-0.4, -0.2) is 15.1 Å². The number of H-pyrrole nitrogens is 1. The van der Waals surface area contributed by atoms with Crippen molar-refractivity contribution in [3.8, 4) is 23.2 Å². The van der Waals surface area contributed by atoms with E-state index in [9.17, 15) is 15.4 Å². The molecule has 29 heavy (non-hydrogen) atoms. The van der Waals surface area contributed by atoms with Gasteiger partial charge in [-0.05, 0) is 17.7 Å². The van der Waals surface area contributed by atoms with Crippen molar-refractivity contribution < 1.29 is 9.66 Å². The quantitative estimate of drug-likeness (QED) is 0.466. The van der Waals surface area contributed by atoms with Gasteiger partial charge in [-0.3, -0.25) is 15.2 Å². The number of rotatable bonds is 3. The van der Waals surface area contributed by atoms with Crippen LogP contribution in [0.5, 0.6) is 5.88 Å². The summed E-state index contributed by atoms with van der Waals surface area (Å²) in [6, 6.07) is 13.0. The Hall–Kier alpha value is -3.54. The molecule has 8 nitrogen and oxygen atoms in total. The van der Waals surface area contributed by atoms with Gasteiger partial charge in [0.25, 0.3) is 5.69 Å². The van der Waals surface area contributed by atoms with Gasteiger partial charge >= 0.3 is 0 Å². The Bertz CT molecular complexity index is 1230. The number of nitriles is 1. The summed E-state index contributed by atoms with van der Waals surface area (Å²) in [4.78, 5) is 10.7. The lowest BCUT2D eigenvalue weighted by Crippen LogP contribution is -2.21. The summed E-state index contributed by atoms with van der Waals surface area (Å²) in [5.74, 6) is -0.617. The average Bonchev–Trinajstić information content (AvgIpc) is 3.10. The summed E-state index contributed by atoms with van der Waals surface area (Å²) in [5.41, 5.74) is 8.05. The van der Waals surface area contributed by atoms with Gasteiger partial charge in [0, 0.05) is 27.7 Å². The van der Waals surface area contributed by atoms with E-state index in [1.807, 2.05) is 0 Å². The van der Waals surface area contributed by atoms with Gasteiger partial charge in [-0.15, -0.1) is 5.10 Å². The second-order valence-electron chi connectivity index (χ2n) is 6.22. The molecule has 0 saturated carbocycles. The molecule has 0 amide bonds. The minimum absolute atomic E-state index is 0.0841. The van der Waals surface area contributed by atoms with Gasteiger partial charge < -0.3 is 10.5 Å². The maximum absolute atomic E-state index is 11.2. The molecule has 2 heterocycles. The lowest BCUT2D eigenvalue weighted by molar-refractivity contribution is -0.384. The van der Waals surface area contributed by atoms with E-state index in [4.69, 9.17) is 33.7 Å². The molecule has 1 aliphatic heterocycles. The van der Waals surface area contributed by atoms with Crippen molar-refractivity contribution in [2.45, 2.75) is 5.92 Å². The molecule has 1 unspecified atom stereocenters. The highest BCUT2D eigenvalue weighted by Gasteiger charge is 2.36. The molecule has 3 N–H and O–H groups in total. The lowest BCUT2D eigenvalue weighted by Gasteiger charge is -2.24. The van der Waals surface area contributed by atoms with Crippen molar-refractivity contribution >= 4 is 28.9 Å². The van der Waals surface area contributed by atoms with Gasteiger partial charge in [0.15, 0.2) is 0 Å². The Labute approximate surface area is 174 Å². The van der Waals surface area contributed by atoms with E-state index in [0.717, 1.165) is 0 Å². The van der Waals surface area contributed by atoms with Crippen molar-refractivity contribution in [1.29, 1.82) is 5.26 Å². The van der Waals surface area contributed by atoms with Crippen LogP contribution in [0.25, 0.3) is 11.3 Å². The summed E-state index contributed by atoms with van der Waals surface area (Å²) in [6.45, 7) is 0. The van der Waals surface area contributed by atoms with Crippen molar-refractivity contribution in [2.24, 2.45) is 5.73 Å². The van der Waals surface area contributed by atoms with Gasteiger partial charge in [-0.2, -0.15) is 5.26 Å². The molecule has 4 rings (SSSR count). The van der Waals surface area contributed by atoms with Crippen LogP contribution in [0.3, 0.4) is 0 Å². The number of allylic oxidation sites excluding steroid dienone is 1. The summed E-state index contributed by atoms with van der Waals surface area (Å²) in [5, 5.41) is 28.6. The Morgan fingerprint density at radius 3 is 2.76 bits per heavy atom. The second kappa shape index (κ2) is 7.13. The number of benzene rings is 2. The topological polar surface area (TPSA) is 131 Å². The van der Waals surface area contributed by atoms with Gasteiger partial charge in [-0.1, -0.05) is 41.4 Å². The number of aromatic amines is 1. The molecule has 1 aromatic heterocycles. The van der Waals surface area contributed by atoms with Crippen LogP contribution >= 0.6 is 23.2 Å². The summed E-state index contributed by atoms with van der Waals surface area (Å²) in [7, 11) is 0. The van der Waals surface area contributed by atoms with Crippen molar-refractivity contribution in [1.82, 2.24) is 10.2 Å². The van der Waals surface area contributed by atoms with Gasteiger partial charge in [0.2, 0.25) is 11.8 Å². The average molecular weight is 428 g/mol. The smallest absolute Gasteiger partial charge is 0.270 e. The van der Waals surface area contributed by atoms with Gasteiger partial charge in [-0.25, -0.2) is 0 Å². The Balaban J connectivity index is 1.97. The van der Waals surface area contributed by atoms with E-state index in [-0.39, 0.29) is 23.0 Å². The fraction of sp³-hybridized carbons (Fsp3) is 0.0526. The number of non-ortho nitro benzene ring substituents is 1. The van der Waals surface area contributed by atoms with E-state index in [1.54, 1.807) is 30.3 Å². The number of nitrogens with one attached hydrogen (secondary N) is 1. The largest absolute Gasteiger partial charge is 0.420 e. The van der Waals surface area contributed by atoms with Crippen molar-refractivity contribution in [3.05, 3.63) is 85.2 Å². The number of nitro benzene ring substituents is 1. The van der Waals surface area contributed by atoms with Gasteiger partial charge in [0.1, 0.15) is 11.6 Å². The minimum atomic E-state index is -0.693. The van der Waals surface area contributed by atoms with Crippen LogP contribution in [0, 0.1) is 21.4 Å². The first kappa shape index (κ1) is 18.8. The third-order valence-electron chi connectivity index (χ3n) is 4.56. The lowest BCUT2D eigenvalue weighted by atomic mass is 9.83. The molecule has 0 radical (unpaired) electrons. The Morgan fingerprint density at radius 2 is 2.07 bits per heavy atom. The highest BCUT2D eigenvalue weighted by molar-refractivity contribution is 6.35. The molecular formula is C19H11Cl2N5O3. The summed E-state index contributed by atoms with van der Waals surface area (Å²) in [6.07, 6.45) is 0. The molecule has 0 bridgehead atoms. The number of nitrogens with two attached hydrogens (primary N) is 1. The van der Waals surface area contributed by atoms with Gasteiger partial charge in [0.05, 0.1) is 22.1 Å². The zero-order valence-corrected chi connectivity index (χ0v) is 16.0. The molecule has 0 fully saturated rings. The Kier molecular flexibility index (Phi) is 4.62. The van der Waals surface area contributed by atoms with Crippen LogP contribution in [-0.2, 0) is 0 Å². The van der Waals surface area contributed by atoms with E-state index in [1.165, 1.54) is 12.1 Å². The predicted octanol–water partition coefficient (Wildman–Crippen LogP) is 4.51. The SMILES string of the molecule is N#CC1=C(N)Oc2n[nH]c(-c3cccc([N+](=O)[O-])c3)c2C1c1ccc(Cl)cc1Cl. The molecule has 0 aliphatic carbocycles. The zero-order valence-electron chi connectivity index (χ0n) is 14.5. The fourth-order valence-electron chi connectivity index (χ4n) is 3.29. The fourth-order valence-corrected chi connectivity index (χ4v) is 3.80. The molecule has 0 saturated heterocycles. The molecule has 3 aromatic rings. The number of ether oxygens (including phenoxy) is 1. The standard InChI is InChI=1S/C19H11Cl2N5O3/c20-10-4-5-12(14(21)7-10)15-13(8-22)18(23)29-19-16(15)17(24-25-19)9-2-1-3-11(6-9)26(27)28/h1-7,15H,23H2,(H,24,25). The van der Waals surface area contributed by atoms with Crippen LogP contribution < -0.4 is 10.5 Å². The number of fused-ring (bicyclic) bond motifs is 1. The van der Waals surface area contributed by atoms with Crippen LogP contribution in [0.1, 0.15) is 17.0 Å². The second-order valence-corrected chi connectivity index (χ2v) is 7.06. The van der Waals surface area contributed by atoms with Crippen LogP contribution in [0.15, 0.2) is 53.9 Å². The molecule has 10 heteroatoms. The highest BCUT2D eigenvalue weighted by Crippen LogP contribution is 2.47. The summed E-state index contributed by atoms with van der Waals surface area (Å²) >= 11 is 12.4. The van der Waals surface area contributed by atoms with E-state index in [0.29, 0.717) is 32.4 Å².